The lowest BCUT2D eigenvalue weighted by Gasteiger charge is -2.25. The van der Waals surface area contributed by atoms with E-state index in [0.717, 1.165) is 16.2 Å². The number of nitrogens with zero attached hydrogens (tertiary/aromatic N) is 1. The Balaban J connectivity index is 1.95. The maximum absolute atomic E-state index is 12.7. The smallest absolute Gasteiger partial charge is 0.252 e. The number of thiophene rings is 1. The summed E-state index contributed by atoms with van der Waals surface area (Å²) in [6.45, 7) is 9.58. The molecule has 2 aromatic rings. The van der Waals surface area contributed by atoms with Crippen molar-refractivity contribution in [3.05, 3.63) is 36.3 Å². The maximum atomic E-state index is 12.7. The van der Waals surface area contributed by atoms with Crippen molar-refractivity contribution >= 4 is 27.4 Å². The van der Waals surface area contributed by atoms with Crippen LogP contribution in [0.2, 0.25) is 0 Å². The Bertz CT molecular complexity index is 827. The van der Waals surface area contributed by atoms with Gasteiger partial charge in [-0.05, 0) is 24.3 Å². The fraction of sp³-hybridized carbons (Fsp3) is 0.412. The van der Waals surface area contributed by atoms with Gasteiger partial charge in [0.05, 0.1) is 13.2 Å². The van der Waals surface area contributed by atoms with Crippen molar-refractivity contribution in [3.8, 4) is 10.4 Å². The van der Waals surface area contributed by atoms with Crippen LogP contribution in [-0.4, -0.2) is 39.0 Å². The first-order valence-electron chi connectivity index (χ1n) is 7.87. The molecule has 5 nitrogen and oxygen atoms in total. The zero-order valence-electron chi connectivity index (χ0n) is 13.8. The minimum absolute atomic E-state index is 0.258. The van der Waals surface area contributed by atoms with Crippen LogP contribution in [-0.2, 0) is 14.8 Å². The Kier molecular flexibility index (Phi) is 4.96. The van der Waals surface area contributed by atoms with Gasteiger partial charge in [0.25, 0.3) is 10.0 Å². The molecule has 1 aliphatic rings. The molecule has 2 aromatic heterocycles. The van der Waals surface area contributed by atoms with Crippen molar-refractivity contribution in [2.45, 2.75) is 24.0 Å². The molecule has 0 aromatic carbocycles. The van der Waals surface area contributed by atoms with Crippen LogP contribution in [0, 0.1) is 0 Å². The molecular weight excluding hydrogens is 346 g/mol. The van der Waals surface area contributed by atoms with Crippen LogP contribution < -0.4 is 0 Å². The largest absolute Gasteiger partial charge is 0.461 e. The van der Waals surface area contributed by atoms with Crippen LogP contribution >= 0.6 is 11.3 Å². The quantitative estimate of drug-likeness (QED) is 0.807. The van der Waals surface area contributed by atoms with Gasteiger partial charge in [-0.3, -0.25) is 0 Å². The topological polar surface area (TPSA) is 59.8 Å². The Hall–Kier alpha value is -1.41. The molecule has 0 N–H and O–H groups in total. The first-order chi connectivity index (χ1) is 11.4. The summed E-state index contributed by atoms with van der Waals surface area (Å²) < 4.78 is 38.3. The van der Waals surface area contributed by atoms with Gasteiger partial charge in [0, 0.05) is 29.4 Å². The van der Waals surface area contributed by atoms with Crippen molar-refractivity contribution in [1.82, 2.24) is 4.31 Å². The second kappa shape index (κ2) is 6.84. The van der Waals surface area contributed by atoms with Crippen molar-refractivity contribution in [3.63, 3.8) is 0 Å². The van der Waals surface area contributed by atoms with Gasteiger partial charge < -0.3 is 9.15 Å². The Morgan fingerprint density at radius 3 is 2.62 bits per heavy atom. The van der Waals surface area contributed by atoms with Gasteiger partial charge in [-0.25, -0.2) is 8.42 Å². The SMILES string of the molecule is C=Cc1oc(C(C)C)cc1-c1ccc(S(=O)(=O)N2CCOCC2)s1. The summed E-state index contributed by atoms with van der Waals surface area (Å²) in [5.41, 5.74) is 0.891. The van der Waals surface area contributed by atoms with E-state index in [1.165, 1.54) is 15.6 Å². The van der Waals surface area contributed by atoms with Gasteiger partial charge >= 0.3 is 0 Å². The zero-order valence-corrected chi connectivity index (χ0v) is 15.5. The van der Waals surface area contributed by atoms with E-state index in [2.05, 4.69) is 20.4 Å². The lowest BCUT2D eigenvalue weighted by atomic mass is 10.1. The standard InChI is InChI=1S/C17H21NO4S2/c1-4-14-13(11-15(22-14)12(2)3)16-5-6-17(23-16)24(19,20)18-7-9-21-10-8-18/h4-6,11-12H,1,7-10H2,2-3H3. The van der Waals surface area contributed by atoms with Crippen molar-refractivity contribution in [2.75, 3.05) is 26.3 Å². The molecule has 3 heterocycles. The molecule has 1 fully saturated rings. The first-order valence-corrected chi connectivity index (χ1v) is 10.1. The highest BCUT2D eigenvalue weighted by Crippen LogP contribution is 2.37. The van der Waals surface area contributed by atoms with Gasteiger partial charge in [0.2, 0.25) is 0 Å². The predicted octanol–water partition coefficient (Wildman–Crippen LogP) is 3.80. The van der Waals surface area contributed by atoms with Crippen LogP contribution in [0.25, 0.3) is 16.5 Å². The van der Waals surface area contributed by atoms with Crippen LogP contribution in [0.5, 0.6) is 0 Å². The fourth-order valence-electron chi connectivity index (χ4n) is 2.57. The predicted molar refractivity (Wildman–Crippen MR) is 95.8 cm³/mol. The second-order valence-corrected chi connectivity index (χ2v) is 9.17. The molecule has 3 rings (SSSR count). The molecule has 0 amide bonds. The minimum Gasteiger partial charge on any atom is -0.461 e. The molecular formula is C17H21NO4S2. The monoisotopic (exact) mass is 367 g/mol. The Labute approximate surface area is 146 Å². The molecule has 0 radical (unpaired) electrons. The lowest BCUT2D eigenvalue weighted by Crippen LogP contribution is -2.40. The van der Waals surface area contributed by atoms with Crippen molar-refractivity contribution < 1.29 is 17.6 Å². The molecule has 0 atom stereocenters. The fourth-order valence-corrected chi connectivity index (χ4v) is 5.46. The summed E-state index contributed by atoms with van der Waals surface area (Å²) in [6, 6.07) is 5.47. The van der Waals surface area contributed by atoms with Crippen LogP contribution in [0.4, 0.5) is 0 Å². The Morgan fingerprint density at radius 2 is 2.00 bits per heavy atom. The minimum atomic E-state index is -3.46. The molecule has 130 valence electrons. The van der Waals surface area contributed by atoms with E-state index in [-0.39, 0.29) is 5.92 Å². The average molecular weight is 367 g/mol. The van der Waals surface area contributed by atoms with Crippen LogP contribution in [0.1, 0.15) is 31.3 Å². The average Bonchev–Trinajstić information content (AvgIpc) is 3.22. The van der Waals surface area contributed by atoms with Gasteiger partial charge in [-0.1, -0.05) is 20.4 Å². The lowest BCUT2D eigenvalue weighted by molar-refractivity contribution is 0.0731. The second-order valence-electron chi connectivity index (χ2n) is 5.92. The van der Waals surface area contributed by atoms with Gasteiger partial charge in [0.15, 0.2) is 0 Å². The number of ether oxygens (including phenoxy) is 1. The van der Waals surface area contributed by atoms with E-state index in [1.54, 1.807) is 12.1 Å². The highest BCUT2D eigenvalue weighted by Gasteiger charge is 2.28. The number of morpholine rings is 1. The third-order valence-electron chi connectivity index (χ3n) is 3.95. The summed E-state index contributed by atoms with van der Waals surface area (Å²) in [4.78, 5) is 0.868. The highest BCUT2D eigenvalue weighted by molar-refractivity contribution is 7.91. The molecule has 1 saturated heterocycles. The summed E-state index contributed by atoms with van der Waals surface area (Å²) in [5.74, 6) is 1.80. The Morgan fingerprint density at radius 1 is 1.29 bits per heavy atom. The normalized spacial score (nSPS) is 16.6. The number of sulfonamides is 1. The van der Waals surface area contributed by atoms with Crippen LogP contribution in [0.3, 0.4) is 0 Å². The summed E-state index contributed by atoms with van der Waals surface area (Å²) in [7, 11) is -3.46. The summed E-state index contributed by atoms with van der Waals surface area (Å²) in [5, 5.41) is 0. The molecule has 0 aliphatic carbocycles. The molecule has 7 heteroatoms. The van der Waals surface area contributed by atoms with Crippen molar-refractivity contribution in [1.29, 1.82) is 0 Å². The third-order valence-corrected chi connectivity index (χ3v) is 7.43. The molecule has 24 heavy (non-hydrogen) atoms. The van der Waals surface area contributed by atoms with E-state index in [4.69, 9.17) is 9.15 Å². The van der Waals surface area contributed by atoms with Crippen LogP contribution in [0.15, 0.2) is 33.4 Å². The van der Waals surface area contributed by atoms with E-state index in [0.29, 0.717) is 36.3 Å². The zero-order chi connectivity index (χ0) is 17.3. The van der Waals surface area contributed by atoms with Gasteiger partial charge in [0.1, 0.15) is 15.7 Å². The number of rotatable bonds is 5. The molecule has 1 aliphatic heterocycles. The van der Waals surface area contributed by atoms with Gasteiger partial charge in [-0.15, -0.1) is 11.3 Å². The van der Waals surface area contributed by atoms with E-state index in [9.17, 15) is 8.42 Å². The first kappa shape index (κ1) is 17.4. The summed E-state index contributed by atoms with van der Waals surface area (Å²) in [6.07, 6.45) is 1.66. The molecule has 0 spiro atoms. The van der Waals surface area contributed by atoms with E-state index in [1.807, 2.05) is 12.1 Å². The molecule has 0 saturated carbocycles. The maximum Gasteiger partial charge on any atom is 0.252 e. The number of furan rings is 1. The molecule has 0 unspecified atom stereocenters. The van der Waals surface area contributed by atoms with E-state index >= 15 is 0 Å². The number of hydrogen-bond donors (Lipinski definition) is 0. The number of hydrogen-bond acceptors (Lipinski definition) is 5. The van der Waals surface area contributed by atoms with Crippen molar-refractivity contribution in [2.24, 2.45) is 0 Å². The highest BCUT2D eigenvalue weighted by atomic mass is 32.2. The van der Waals surface area contributed by atoms with E-state index < -0.39 is 10.0 Å². The van der Waals surface area contributed by atoms with Gasteiger partial charge in [-0.2, -0.15) is 4.31 Å². The third kappa shape index (κ3) is 3.21. The molecule has 0 bridgehead atoms. The summed E-state index contributed by atoms with van der Waals surface area (Å²) >= 11 is 1.26.